The van der Waals surface area contributed by atoms with Crippen molar-refractivity contribution in [3.05, 3.63) is 18.2 Å². The van der Waals surface area contributed by atoms with Crippen LogP contribution < -0.4 is 33.2 Å². The Morgan fingerprint density at radius 1 is 1.21 bits per heavy atom. The molecular formula is C20H35N9O5. The summed E-state index contributed by atoms with van der Waals surface area (Å²) < 4.78 is 0. The highest BCUT2D eigenvalue weighted by Gasteiger charge is 2.29. The molecule has 0 aliphatic carbocycles. The second-order valence-corrected chi connectivity index (χ2v) is 7.88. The van der Waals surface area contributed by atoms with E-state index in [0.717, 1.165) is 0 Å². The fourth-order valence-electron chi connectivity index (χ4n) is 2.97. The standard InChI is InChI=1S/C20H35N9O5/c1-3-11(2)16(18(32)28-14(19(33)34)5-4-6-25-20(22)23)29-15(30)9-26-17(31)13(21)7-12-8-24-10-27-12/h8,10-11,13-14,16H,3-7,9,21H2,1-2H3,(H,24,27)(H,26,31)(H,28,32)(H,29,30)(H,33,34)(H4,22,23,25). The molecule has 34 heavy (non-hydrogen) atoms. The molecule has 0 saturated carbocycles. The van der Waals surface area contributed by atoms with E-state index in [-0.39, 0.29) is 31.3 Å². The first-order valence-electron chi connectivity index (χ1n) is 10.9. The summed E-state index contributed by atoms with van der Waals surface area (Å²) in [4.78, 5) is 59.3. The number of guanidine groups is 1. The highest BCUT2D eigenvalue weighted by Crippen LogP contribution is 2.09. The lowest BCUT2D eigenvalue weighted by Crippen LogP contribution is -2.56. The molecule has 1 aromatic rings. The number of nitrogens with zero attached hydrogens (tertiary/aromatic N) is 2. The topological polar surface area (TPSA) is 244 Å². The molecule has 14 heteroatoms. The first-order valence-corrected chi connectivity index (χ1v) is 10.9. The molecule has 0 aliphatic rings. The van der Waals surface area contributed by atoms with E-state index in [1.54, 1.807) is 13.1 Å². The smallest absolute Gasteiger partial charge is 0.326 e. The van der Waals surface area contributed by atoms with Crippen LogP contribution in [0.2, 0.25) is 0 Å². The molecule has 1 heterocycles. The Bertz CT molecular complexity index is 839. The Kier molecular flexibility index (Phi) is 12.1. The van der Waals surface area contributed by atoms with Gasteiger partial charge in [-0.3, -0.25) is 19.4 Å². The van der Waals surface area contributed by atoms with Crippen LogP contribution in [0.3, 0.4) is 0 Å². The minimum atomic E-state index is -1.22. The van der Waals surface area contributed by atoms with Gasteiger partial charge in [0.15, 0.2) is 5.96 Å². The van der Waals surface area contributed by atoms with Crippen molar-refractivity contribution in [2.45, 2.75) is 57.7 Å². The highest BCUT2D eigenvalue weighted by atomic mass is 16.4. The van der Waals surface area contributed by atoms with Gasteiger partial charge in [0.2, 0.25) is 17.7 Å². The maximum atomic E-state index is 12.8. The molecule has 0 saturated heterocycles. The molecule has 0 aromatic carbocycles. The zero-order valence-corrected chi connectivity index (χ0v) is 19.4. The van der Waals surface area contributed by atoms with Gasteiger partial charge in [-0.1, -0.05) is 20.3 Å². The number of rotatable bonds is 15. The zero-order chi connectivity index (χ0) is 25.7. The van der Waals surface area contributed by atoms with Gasteiger partial charge < -0.3 is 43.2 Å². The van der Waals surface area contributed by atoms with Gasteiger partial charge >= 0.3 is 5.97 Å². The second-order valence-electron chi connectivity index (χ2n) is 7.88. The SMILES string of the molecule is CCC(C)C(NC(=O)CNC(=O)C(N)Cc1cnc[nH]1)C(=O)NC(CCCN=C(N)N)C(=O)O. The van der Waals surface area contributed by atoms with E-state index in [9.17, 15) is 24.3 Å². The van der Waals surface area contributed by atoms with Gasteiger partial charge in [-0.25, -0.2) is 9.78 Å². The van der Waals surface area contributed by atoms with Crippen LogP contribution >= 0.6 is 0 Å². The minimum absolute atomic E-state index is 0.100. The predicted molar refractivity (Wildman–Crippen MR) is 124 cm³/mol. The number of hydrogen-bond donors (Lipinski definition) is 8. The molecule has 4 atom stereocenters. The monoisotopic (exact) mass is 481 g/mol. The summed E-state index contributed by atoms with van der Waals surface area (Å²) >= 11 is 0. The number of H-pyrrole nitrogens is 1. The molecule has 0 bridgehead atoms. The van der Waals surface area contributed by atoms with Crippen molar-refractivity contribution >= 4 is 29.7 Å². The Hall–Kier alpha value is -3.68. The molecule has 14 nitrogen and oxygen atoms in total. The van der Waals surface area contributed by atoms with Crippen molar-refractivity contribution in [2.24, 2.45) is 28.1 Å². The third-order valence-corrected chi connectivity index (χ3v) is 5.13. The van der Waals surface area contributed by atoms with Gasteiger partial charge in [0.05, 0.1) is 18.9 Å². The molecule has 3 amide bonds. The Balaban J connectivity index is 2.64. The van der Waals surface area contributed by atoms with Crippen LogP contribution in [0.15, 0.2) is 17.5 Å². The molecule has 0 fully saturated rings. The van der Waals surface area contributed by atoms with Crippen molar-refractivity contribution in [1.29, 1.82) is 0 Å². The van der Waals surface area contributed by atoms with Crippen LogP contribution in [0.4, 0.5) is 0 Å². The van der Waals surface area contributed by atoms with Crippen molar-refractivity contribution in [3.63, 3.8) is 0 Å². The molecule has 1 rings (SSSR count). The van der Waals surface area contributed by atoms with Gasteiger partial charge in [0, 0.05) is 24.9 Å². The lowest BCUT2D eigenvalue weighted by Gasteiger charge is -2.25. The molecular weight excluding hydrogens is 446 g/mol. The van der Waals surface area contributed by atoms with Crippen LogP contribution in [0.25, 0.3) is 0 Å². The minimum Gasteiger partial charge on any atom is -0.480 e. The van der Waals surface area contributed by atoms with Crippen LogP contribution in [0.5, 0.6) is 0 Å². The summed E-state index contributed by atoms with van der Waals surface area (Å²) in [6.07, 6.45) is 4.20. The van der Waals surface area contributed by atoms with Gasteiger partial charge in [0.1, 0.15) is 12.1 Å². The highest BCUT2D eigenvalue weighted by molar-refractivity contribution is 5.92. The Morgan fingerprint density at radius 2 is 1.91 bits per heavy atom. The number of amides is 3. The fraction of sp³-hybridized carbons (Fsp3) is 0.600. The normalized spacial score (nSPS) is 14.2. The molecule has 0 radical (unpaired) electrons. The van der Waals surface area contributed by atoms with Gasteiger partial charge in [-0.05, 0) is 18.8 Å². The second kappa shape index (κ2) is 14.5. The Morgan fingerprint density at radius 3 is 2.47 bits per heavy atom. The lowest BCUT2D eigenvalue weighted by molar-refractivity contribution is -0.142. The summed E-state index contributed by atoms with van der Waals surface area (Å²) in [6.45, 7) is 3.40. The fourth-order valence-corrected chi connectivity index (χ4v) is 2.97. The number of aliphatic carboxylic acids is 1. The summed E-state index contributed by atoms with van der Waals surface area (Å²) in [5.74, 6) is -3.41. The number of carboxylic acid groups (broad SMARTS) is 1. The molecule has 4 unspecified atom stereocenters. The maximum absolute atomic E-state index is 12.8. The first-order chi connectivity index (χ1) is 16.0. The van der Waals surface area contributed by atoms with Gasteiger partial charge in [-0.2, -0.15) is 0 Å². The van der Waals surface area contributed by atoms with Crippen LogP contribution in [-0.2, 0) is 25.6 Å². The molecule has 0 spiro atoms. The largest absolute Gasteiger partial charge is 0.480 e. The van der Waals surface area contributed by atoms with Crippen molar-refractivity contribution in [2.75, 3.05) is 13.1 Å². The average Bonchev–Trinajstić information content (AvgIpc) is 3.29. The van der Waals surface area contributed by atoms with Crippen LogP contribution in [0, 0.1) is 5.92 Å². The summed E-state index contributed by atoms with van der Waals surface area (Å²) in [5.41, 5.74) is 17.0. The third kappa shape index (κ3) is 10.3. The van der Waals surface area contributed by atoms with E-state index >= 15 is 0 Å². The summed E-state index contributed by atoms with van der Waals surface area (Å²) in [6, 6.07) is -3.06. The van der Waals surface area contributed by atoms with E-state index < -0.39 is 48.4 Å². The number of aromatic nitrogens is 2. The number of aliphatic imine (C=N–C) groups is 1. The van der Waals surface area contributed by atoms with E-state index in [2.05, 4.69) is 30.9 Å². The van der Waals surface area contributed by atoms with Gasteiger partial charge in [-0.15, -0.1) is 0 Å². The van der Waals surface area contributed by atoms with Crippen molar-refractivity contribution in [1.82, 2.24) is 25.9 Å². The van der Waals surface area contributed by atoms with Crippen molar-refractivity contribution < 1.29 is 24.3 Å². The number of aromatic amines is 1. The summed E-state index contributed by atoms with van der Waals surface area (Å²) in [5, 5.41) is 16.9. The number of nitrogens with one attached hydrogen (secondary N) is 4. The van der Waals surface area contributed by atoms with E-state index in [1.807, 2.05) is 6.92 Å². The first kappa shape index (κ1) is 28.4. The third-order valence-electron chi connectivity index (χ3n) is 5.13. The number of carbonyl (C=O) groups is 4. The number of carbonyl (C=O) groups excluding carboxylic acids is 3. The number of nitrogens with two attached hydrogens (primary N) is 3. The molecule has 0 aliphatic heterocycles. The Labute approximate surface area is 197 Å². The van der Waals surface area contributed by atoms with E-state index in [4.69, 9.17) is 17.2 Å². The van der Waals surface area contributed by atoms with E-state index in [1.165, 1.54) is 6.33 Å². The number of hydrogen-bond acceptors (Lipinski definition) is 7. The van der Waals surface area contributed by atoms with Crippen LogP contribution in [-0.4, -0.2) is 75.9 Å². The average molecular weight is 482 g/mol. The number of carboxylic acids is 1. The quantitative estimate of drug-likeness (QED) is 0.0751. The van der Waals surface area contributed by atoms with Crippen LogP contribution in [0.1, 0.15) is 38.8 Å². The van der Waals surface area contributed by atoms with E-state index in [0.29, 0.717) is 18.5 Å². The van der Waals surface area contributed by atoms with Gasteiger partial charge in [0.25, 0.3) is 0 Å². The molecule has 190 valence electrons. The predicted octanol–water partition coefficient (Wildman–Crippen LogP) is -2.45. The lowest BCUT2D eigenvalue weighted by atomic mass is 9.97. The van der Waals surface area contributed by atoms with Crippen molar-refractivity contribution in [3.8, 4) is 0 Å². The molecule has 1 aromatic heterocycles. The molecule has 11 N–H and O–H groups in total. The number of imidazole rings is 1. The zero-order valence-electron chi connectivity index (χ0n) is 19.4. The summed E-state index contributed by atoms with van der Waals surface area (Å²) in [7, 11) is 0. The maximum Gasteiger partial charge on any atom is 0.326 e.